The molecule has 0 aromatic heterocycles. The minimum absolute atomic E-state index is 0.105. The molecule has 0 radical (unpaired) electrons. The molecule has 0 aromatic rings. The molecule has 0 unspecified atom stereocenters. The molecule has 2 atom stereocenters. The van der Waals surface area contributed by atoms with Gasteiger partial charge >= 0.3 is 0 Å². The zero-order valence-electron chi connectivity index (χ0n) is 9.38. The molecule has 0 aliphatic carbocycles. The molecule has 1 heterocycles. The highest BCUT2D eigenvalue weighted by Gasteiger charge is 2.35. The van der Waals surface area contributed by atoms with E-state index in [1.165, 1.54) is 0 Å². The van der Waals surface area contributed by atoms with E-state index in [9.17, 15) is 0 Å². The third kappa shape index (κ3) is 4.80. The Kier molecular flexibility index (Phi) is 4.18. The van der Waals surface area contributed by atoms with Gasteiger partial charge in [-0.15, -0.1) is 6.42 Å². The first-order chi connectivity index (χ1) is 6.53. The molecule has 1 rings (SSSR count). The summed E-state index contributed by atoms with van der Waals surface area (Å²) < 4.78 is 11.0. The average molecular weight is 212 g/mol. The Morgan fingerprint density at radius 1 is 1.36 bits per heavy atom. The van der Waals surface area contributed by atoms with Crippen LogP contribution in [0.25, 0.3) is 0 Å². The van der Waals surface area contributed by atoms with Crippen LogP contribution in [0.15, 0.2) is 0 Å². The molecule has 1 saturated heterocycles. The molecule has 0 bridgehead atoms. The maximum absolute atomic E-state index is 5.74. The summed E-state index contributed by atoms with van der Waals surface area (Å²) >= 11 is 0. The Morgan fingerprint density at radius 2 is 2.07 bits per heavy atom. The molecule has 1 fully saturated rings. The highest BCUT2D eigenvalue weighted by molar-refractivity contribution is 6.69. The van der Waals surface area contributed by atoms with Gasteiger partial charge in [-0.05, 0) is 38.9 Å². The normalized spacial score (nSPS) is 25.9. The fraction of sp³-hybridized carbons (Fsp3) is 0.818. The van der Waals surface area contributed by atoms with Crippen LogP contribution in [0.3, 0.4) is 0 Å². The monoisotopic (exact) mass is 212 g/mol. The van der Waals surface area contributed by atoms with Gasteiger partial charge in [-0.3, -0.25) is 0 Å². The maximum Gasteiger partial charge on any atom is 0.183 e. The Hall–Kier alpha value is -0.303. The Balaban J connectivity index is 1.89. The van der Waals surface area contributed by atoms with E-state index in [0.717, 1.165) is 25.9 Å². The number of ether oxygens (including phenoxy) is 1. The van der Waals surface area contributed by atoms with E-state index < -0.39 is 8.32 Å². The van der Waals surface area contributed by atoms with Crippen LogP contribution < -0.4 is 0 Å². The minimum Gasteiger partial charge on any atom is -0.418 e. The van der Waals surface area contributed by atoms with Crippen molar-refractivity contribution >= 4 is 8.32 Å². The summed E-state index contributed by atoms with van der Waals surface area (Å²) in [7, 11) is -1.30. The average Bonchev–Trinajstić information content (AvgIpc) is 2.80. The molecular weight excluding hydrogens is 192 g/mol. The van der Waals surface area contributed by atoms with Crippen LogP contribution in [0, 0.1) is 12.3 Å². The van der Waals surface area contributed by atoms with E-state index in [1.807, 2.05) is 0 Å². The summed E-state index contributed by atoms with van der Waals surface area (Å²) in [6.45, 7) is 7.53. The summed E-state index contributed by atoms with van der Waals surface area (Å²) in [5.41, 5.74) is 0. The lowest BCUT2D eigenvalue weighted by Crippen LogP contribution is -2.25. The number of hydrogen-bond donors (Lipinski definition) is 0. The number of rotatable bonds is 6. The SMILES string of the molecule is C#C[C@H]1O[C@H]1CCCCO[Si](C)(C)C. The smallest absolute Gasteiger partial charge is 0.183 e. The fourth-order valence-electron chi connectivity index (χ4n) is 1.33. The van der Waals surface area contributed by atoms with Crippen molar-refractivity contribution in [2.24, 2.45) is 0 Å². The van der Waals surface area contributed by atoms with Crippen molar-refractivity contribution in [1.29, 1.82) is 0 Å². The fourth-order valence-corrected chi connectivity index (χ4v) is 2.09. The van der Waals surface area contributed by atoms with Crippen LogP contribution in [0.1, 0.15) is 19.3 Å². The highest BCUT2D eigenvalue weighted by Crippen LogP contribution is 2.26. The van der Waals surface area contributed by atoms with Gasteiger partial charge in [0.15, 0.2) is 8.32 Å². The first-order valence-electron chi connectivity index (χ1n) is 5.28. The van der Waals surface area contributed by atoms with Crippen LogP contribution in [0.2, 0.25) is 19.6 Å². The van der Waals surface area contributed by atoms with Gasteiger partial charge < -0.3 is 9.16 Å². The van der Waals surface area contributed by atoms with Crippen LogP contribution in [0.5, 0.6) is 0 Å². The number of hydrogen-bond acceptors (Lipinski definition) is 2. The van der Waals surface area contributed by atoms with E-state index >= 15 is 0 Å². The minimum atomic E-state index is -1.30. The van der Waals surface area contributed by atoms with Crippen LogP contribution in [-0.4, -0.2) is 27.1 Å². The van der Waals surface area contributed by atoms with Crippen LogP contribution in [-0.2, 0) is 9.16 Å². The van der Waals surface area contributed by atoms with Crippen LogP contribution >= 0.6 is 0 Å². The second kappa shape index (κ2) is 4.97. The molecule has 0 aromatic carbocycles. The predicted molar refractivity (Wildman–Crippen MR) is 60.6 cm³/mol. The van der Waals surface area contributed by atoms with Crippen molar-refractivity contribution in [1.82, 2.24) is 0 Å². The van der Waals surface area contributed by atoms with Gasteiger partial charge in [-0.2, -0.15) is 0 Å². The van der Waals surface area contributed by atoms with E-state index in [4.69, 9.17) is 15.6 Å². The van der Waals surface area contributed by atoms with Gasteiger partial charge in [-0.1, -0.05) is 5.92 Å². The van der Waals surface area contributed by atoms with E-state index in [1.54, 1.807) is 0 Å². The Labute approximate surface area is 88.1 Å². The molecule has 2 nitrogen and oxygen atoms in total. The van der Waals surface area contributed by atoms with Crippen molar-refractivity contribution in [3.8, 4) is 12.3 Å². The van der Waals surface area contributed by atoms with E-state index in [0.29, 0.717) is 6.10 Å². The summed E-state index contributed by atoms with van der Waals surface area (Å²) in [6, 6.07) is 0. The molecule has 0 saturated carbocycles. The third-order valence-electron chi connectivity index (χ3n) is 2.16. The number of epoxide rings is 1. The summed E-state index contributed by atoms with van der Waals surface area (Å²) in [5, 5.41) is 0. The van der Waals surface area contributed by atoms with Crippen LogP contribution in [0.4, 0.5) is 0 Å². The topological polar surface area (TPSA) is 21.8 Å². The van der Waals surface area contributed by atoms with Gasteiger partial charge in [0, 0.05) is 6.61 Å². The van der Waals surface area contributed by atoms with Crippen molar-refractivity contribution in [3.05, 3.63) is 0 Å². The largest absolute Gasteiger partial charge is 0.418 e. The first kappa shape index (κ1) is 11.8. The molecule has 1 aliphatic heterocycles. The summed E-state index contributed by atoms with van der Waals surface area (Å²) in [5.74, 6) is 2.61. The Bertz CT molecular complexity index is 214. The molecule has 3 heteroatoms. The lowest BCUT2D eigenvalue weighted by Gasteiger charge is -2.16. The van der Waals surface area contributed by atoms with Crippen molar-refractivity contribution in [3.63, 3.8) is 0 Å². The summed E-state index contributed by atoms with van der Waals surface area (Å²) in [6.07, 6.45) is 9.04. The second-order valence-electron chi connectivity index (χ2n) is 4.72. The number of unbranched alkanes of at least 4 members (excludes halogenated alkanes) is 1. The maximum atomic E-state index is 5.74. The molecule has 1 aliphatic rings. The van der Waals surface area contributed by atoms with E-state index in [2.05, 4.69) is 25.6 Å². The molecule has 80 valence electrons. The quantitative estimate of drug-likeness (QED) is 0.292. The van der Waals surface area contributed by atoms with Crippen molar-refractivity contribution in [2.75, 3.05) is 6.61 Å². The third-order valence-corrected chi connectivity index (χ3v) is 3.23. The van der Waals surface area contributed by atoms with Gasteiger partial charge in [0.25, 0.3) is 0 Å². The van der Waals surface area contributed by atoms with Crippen molar-refractivity contribution in [2.45, 2.75) is 51.1 Å². The van der Waals surface area contributed by atoms with Crippen molar-refractivity contribution < 1.29 is 9.16 Å². The zero-order chi connectivity index (χ0) is 10.6. The van der Waals surface area contributed by atoms with Gasteiger partial charge in [0.1, 0.15) is 6.10 Å². The Morgan fingerprint density at radius 3 is 2.57 bits per heavy atom. The lowest BCUT2D eigenvalue weighted by molar-refractivity contribution is 0.293. The standard InChI is InChI=1S/C11H20O2Si/c1-5-10-11(13-10)8-6-7-9-12-14(2,3)4/h1,10-11H,6-9H2,2-4H3/t10-,11+/m1/s1. The lowest BCUT2D eigenvalue weighted by atomic mass is 10.1. The molecule has 0 N–H and O–H groups in total. The van der Waals surface area contributed by atoms with E-state index in [-0.39, 0.29) is 6.10 Å². The van der Waals surface area contributed by atoms with Gasteiger partial charge in [0.2, 0.25) is 0 Å². The molecule has 0 spiro atoms. The molecule has 14 heavy (non-hydrogen) atoms. The highest BCUT2D eigenvalue weighted by atomic mass is 28.4. The summed E-state index contributed by atoms with van der Waals surface area (Å²) in [4.78, 5) is 0. The van der Waals surface area contributed by atoms with Gasteiger partial charge in [-0.25, -0.2) is 0 Å². The first-order valence-corrected chi connectivity index (χ1v) is 8.69. The zero-order valence-corrected chi connectivity index (χ0v) is 10.4. The predicted octanol–water partition coefficient (Wildman–Crippen LogP) is 2.41. The number of terminal acetylenes is 1. The molecule has 0 amide bonds. The molecular formula is C11H20O2Si. The van der Waals surface area contributed by atoms with Gasteiger partial charge in [0.05, 0.1) is 6.10 Å². The second-order valence-corrected chi connectivity index (χ2v) is 9.23.